The lowest BCUT2D eigenvalue weighted by molar-refractivity contribution is -0.121. The van der Waals surface area contributed by atoms with Crippen molar-refractivity contribution in [3.8, 4) is 11.3 Å². The van der Waals surface area contributed by atoms with Gasteiger partial charge in [0.15, 0.2) is 11.5 Å². The lowest BCUT2D eigenvalue weighted by Gasteiger charge is -2.23. The maximum atomic E-state index is 13.0. The summed E-state index contributed by atoms with van der Waals surface area (Å²) in [5.74, 6) is -0.0237. The fraction of sp³-hybridized carbons (Fsp3) is 0.320. The number of nitrogens with one attached hydrogen (secondary N) is 1. The Morgan fingerprint density at radius 3 is 2.44 bits per heavy atom. The molecule has 0 aliphatic rings. The number of halogens is 1. The van der Waals surface area contributed by atoms with E-state index in [1.165, 1.54) is 12.1 Å². The van der Waals surface area contributed by atoms with E-state index in [-0.39, 0.29) is 42.2 Å². The topological polar surface area (TPSA) is 75.4 Å². The van der Waals surface area contributed by atoms with Crippen LogP contribution in [-0.2, 0) is 11.3 Å². The van der Waals surface area contributed by atoms with E-state index >= 15 is 0 Å². The van der Waals surface area contributed by atoms with Crippen LogP contribution in [0.2, 0.25) is 0 Å². The molecule has 0 atom stereocenters. The molecule has 0 unspecified atom stereocenters. The van der Waals surface area contributed by atoms with Crippen molar-refractivity contribution in [2.45, 2.75) is 33.7 Å². The third-order valence-corrected chi connectivity index (χ3v) is 4.95. The molecule has 32 heavy (non-hydrogen) atoms. The molecule has 1 heterocycles. The molecule has 0 aliphatic heterocycles. The molecule has 0 spiro atoms. The SMILES string of the molecule is Cc1ccc(-c2cc(C(=O)N(CCC(=O)NCc3ccc(F)cc3)CC(C)C)no2)cc1. The van der Waals surface area contributed by atoms with Crippen LogP contribution < -0.4 is 5.32 Å². The number of benzene rings is 2. The first kappa shape index (κ1) is 23.2. The second-order valence-electron chi connectivity index (χ2n) is 8.24. The van der Waals surface area contributed by atoms with Crippen molar-refractivity contribution in [3.63, 3.8) is 0 Å². The van der Waals surface area contributed by atoms with Gasteiger partial charge in [-0.25, -0.2) is 4.39 Å². The predicted molar refractivity (Wildman–Crippen MR) is 120 cm³/mol. The van der Waals surface area contributed by atoms with Gasteiger partial charge in [0.2, 0.25) is 5.91 Å². The third kappa shape index (κ3) is 6.51. The molecular formula is C25H28FN3O3. The quantitative estimate of drug-likeness (QED) is 0.531. The summed E-state index contributed by atoms with van der Waals surface area (Å²) in [6, 6.07) is 15.4. The molecule has 0 radical (unpaired) electrons. The first-order chi connectivity index (χ1) is 15.3. The van der Waals surface area contributed by atoms with Gasteiger partial charge in [0.05, 0.1) is 0 Å². The summed E-state index contributed by atoms with van der Waals surface area (Å²) in [7, 11) is 0. The van der Waals surface area contributed by atoms with Crippen LogP contribution in [0.5, 0.6) is 0 Å². The number of hydrogen-bond donors (Lipinski definition) is 1. The summed E-state index contributed by atoms with van der Waals surface area (Å²) in [5, 5.41) is 6.76. The highest BCUT2D eigenvalue weighted by molar-refractivity contribution is 5.93. The van der Waals surface area contributed by atoms with Crippen LogP contribution in [0.4, 0.5) is 4.39 Å². The Morgan fingerprint density at radius 1 is 1.09 bits per heavy atom. The van der Waals surface area contributed by atoms with Gasteiger partial charge < -0.3 is 14.7 Å². The van der Waals surface area contributed by atoms with Crippen LogP contribution in [-0.4, -0.2) is 35.0 Å². The van der Waals surface area contributed by atoms with Crippen molar-refractivity contribution < 1.29 is 18.5 Å². The molecule has 0 bridgehead atoms. The van der Waals surface area contributed by atoms with E-state index in [4.69, 9.17) is 4.52 Å². The van der Waals surface area contributed by atoms with Crippen molar-refractivity contribution >= 4 is 11.8 Å². The molecule has 168 valence electrons. The Kier molecular flexibility index (Phi) is 7.76. The van der Waals surface area contributed by atoms with Crippen molar-refractivity contribution in [3.05, 3.63) is 77.2 Å². The van der Waals surface area contributed by atoms with Crippen molar-refractivity contribution in [1.82, 2.24) is 15.4 Å². The third-order valence-electron chi connectivity index (χ3n) is 4.95. The lowest BCUT2D eigenvalue weighted by atomic mass is 10.1. The minimum Gasteiger partial charge on any atom is -0.355 e. The van der Waals surface area contributed by atoms with Crippen LogP contribution in [0.1, 0.15) is 41.9 Å². The maximum absolute atomic E-state index is 13.0. The van der Waals surface area contributed by atoms with Gasteiger partial charge in [-0.05, 0) is 30.5 Å². The fourth-order valence-corrected chi connectivity index (χ4v) is 3.24. The maximum Gasteiger partial charge on any atom is 0.276 e. The van der Waals surface area contributed by atoms with Crippen molar-refractivity contribution in [2.24, 2.45) is 5.92 Å². The molecular weight excluding hydrogens is 409 g/mol. The molecule has 0 saturated carbocycles. The van der Waals surface area contributed by atoms with Crippen LogP contribution in [0.15, 0.2) is 59.1 Å². The Bertz CT molecular complexity index is 1040. The number of rotatable bonds is 9. The van der Waals surface area contributed by atoms with Crippen LogP contribution in [0.3, 0.4) is 0 Å². The Labute approximate surface area is 187 Å². The number of hydrogen-bond acceptors (Lipinski definition) is 4. The number of amides is 2. The van der Waals surface area contributed by atoms with E-state index < -0.39 is 0 Å². The summed E-state index contributed by atoms with van der Waals surface area (Å²) in [5.41, 5.74) is 3.00. The zero-order chi connectivity index (χ0) is 23.1. The van der Waals surface area contributed by atoms with Gasteiger partial charge in [0.25, 0.3) is 5.91 Å². The highest BCUT2D eigenvalue weighted by atomic mass is 19.1. The van der Waals surface area contributed by atoms with Gasteiger partial charge in [-0.15, -0.1) is 0 Å². The summed E-state index contributed by atoms with van der Waals surface area (Å²) in [6.45, 7) is 7.08. The van der Waals surface area contributed by atoms with Gasteiger partial charge in [0.1, 0.15) is 5.82 Å². The Hall–Kier alpha value is -3.48. The molecule has 6 nitrogen and oxygen atoms in total. The van der Waals surface area contributed by atoms with Crippen LogP contribution >= 0.6 is 0 Å². The van der Waals surface area contributed by atoms with Crippen LogP contribution in [0, 0.1) is 18.7 Å². The number of carbonyl (C=O) groups is 2. The molecule has 3 aromatic rings. The largest absolute Gasteiger partial charge is 0.355 e. The molecule has 3 rings (SSSR count). The highest BCUT2D eigenvalue weighted by Gasteiger charge is 2.22. The van der Waals surface area contributed by atoms with Gasteiger partial charge in [-0.2, -0.15) is 0 Å². The molecule has 7 heteroatoms. The van der Waals surface area contributed by atoms with Gasteiger partial charge in [-0.3, -0.25) is 9.59 Å². The van der Waals surface area contributed by atoms with Gasteiger partial charge >= 0.3 is 0 Å². The van der Waals surface area contributed by atoms with E-state index in [1.807, 2.05) is 45.0 Å². The molecule has 0 saturated heterocycles. The average Bonchev–Trinajstić information content (AvgIpc) is 3.26. The Balaban J connectivity index is 1.60. The highest BCUT2D eigenvalue weighted by Crippen LogP contribution is 2.21. The van der Waals surface area contributed by atoms with E-state index in [9.17, 15) is 14.0 Å². The summed E-state index contributed by atoms with van der Waals surface area (Å²) < 4.78 is 18.4. The minimum atomic E-state index is -0.318. The minimum absolute atomic E-state index is 0.155. The number of carbonyl (C=O) groups excluding carboxylic acids is 2. The van der Waals surface area contributed by atoms with Gasteiger partial charge in [-0.1, -0.05) is 61.0 Å². The molecule has 0 fully saturated rings. The van der Waals surface area contributed by atoms with E-state index in [0.717, 1.165) is 16.7 Å². The Morgan fingerprint density at radius 2 is 1.78 bits per heavy atom. The molecule has 2 amide bonds. The summed E-state index contributed by atoms with van der Waals surface area (Å²) in [4.78, 5) is 27.0. The van der Waals surface area contributed by atoms with Crippen LogP contribution in [0.25, 0.3) is 11.3 Å². The molecule has 1 N–H and O–H groups in total. The normalized spacial score (nSPS) is 10.9. The molecule has 2 aromatic carbocycles. The van der Waals surface area contributed by atoms with E-state index in [2.05, 4.69) is 10.5 Å². The monoisotopic (exact) mass is 437 g/mol. The predicted octanol–water partition coefficient (Wildman–Crippen LogP) is 4.59. The van der Waals surface area contributed by atoms with Crippen molar-refractivity contribution in [2.75, 3.05) is 13.1 Å². The summed E-state index contributed by atoms with van der Waals surface area (Å²) in [6.07, 6.45) is 0.155. The number of aryl methyl sites for hydroxylation is 1. The lowest BCUT2D eigenvalue weighted by Crippen LogP contribution is -2.37. The van der Waals surface area contributed by atoms with E-state index in [1.54, 1.807) is 23.1 Å². The summed E-state index contributed by atoms with van der Waals surface area (Å²) >= 11 is 0. The molecule has 1 aromatic heterocycles. The zero-order valence-electron chi connectivity index (χ0n) is 18.6. The zero-order valence-corrected chi connectivity index (χ0v) is 18.6. The second kappa shape index (κ2) is 10.7. The first-order valence-corrected chi connectivity index (χ1v) is 10.7. The number of aromatic nitrogens is 1. The average molecular weight is 438 g/mol. The first-order valence-electron chi connectivity index (χ1n) is 10.7. The standard InChI is InChI=1S/C25H28FN3O3/c1-17(2)16-29(13-12-24(30)27-15-19-6-10-21(26)11-7-19)25(31)22-14-23(32-28-22)20-8-4-18(3)5-9-20/h4-11,14,17H,12-13,15-16H2,1-3H3,(H,27,30). The second-order valence-corrected chi connectivity index (χ2v) is 8.24. The smallest absolute Gasteiger partial charge is 0.276 e. The van der Waals surface area contributed by atoms with Gasteiger partial charge in [0, 0.05) is 37.7 Å². The van der Waals surface area contributed by atoms with Crippen molar-refractivity contribution in [1.29, 1.82) is 0 Å². The number of nitrogens with zero attached hydrogens (tertiary/aromatic N) is 2. The van der Waals surface area contributed by atoms with E-state index in [0.29, 0.717) is 18.8 Å². The molecule has 0 aliphatic carbocycles. The fourth-order valence-electron chi connectivity index (χ4n) is 3.24.